The molecule has 1 aliphatic rings. The van der Waals surface area contributed by atoms with Crippen molar-refractivity contribution in [2.75, 3.05) is 6.54 Å². The Balaban J connectivity index is 1.69. The Labute approximate surface area is 126 Å². The van der Waals surface area contributed by atoms with E-state index in [1.165, 1.54) is 17.7 Å². The van der Waals surface area contributed by atoms with Gasteiger partial charge in [0.1, 0.15) is 0 Å². The highest BCUT2D eigenvalue weighted by Crippen LogP contribution is 2.34. The molecule has 0 N–H and O–H groups in total. The van der Waals surface area contributed by atoms with Gasteiger partial charge in [-0.2, -0.15) is 0 Å². The fraction of sp³-hybridized carbons (Fsp3) is 0.462. The van der Waals surface area contributed by atoms with Crippen LogP contribution in [0.15, 0.2) is 24.8 Å². The Bertz CT molecular complexity index is 589. The smallest absolute Gasteiger partial charge is 0.165 e. The van der Waals surface area contributed by atoms with E-state index in [1.54, 1.807) is 11.3 Å². The van der Waals surface area contributed by atoms with E-state index < -0.39 is 0 Å². The van der Waals surface area contributed by atoms with Gasteiger partial charge in [-0.05, 0) is 35.4 Å². The molecule has 7 heteroatoms. The topological polar surface area (TPSA) is 46.8 Å². The summed E-state index contributed by atoms with van der Waals surface area (Å²) < 4.78 is 2.78. The lowest BCUT2D eigenvalue weighted by molar-refractivity contribution is 0.274. The van der Waals surface area contributed by atoms with E-state index >= 15 is 0 Å². The second kappa shape index (κ2) is 6.03. The van der Waals surface area contributed by atoms with E-state index in [0.717, 1.165) is 29.8 Å². The maximum absolute atomic E-state index is 5.98. The zero-order valence-electron chi connectivity index (χ0n) is 11.1. The molecule has 0 atom stereocenters. The average molecular weight is 310 g/mol. The summed E-state index contributed by atoms with van der Waals surface area (Å²) in [5.74, 6) is 0.928. The number of halogens is 1. The summed E-state index contributed by atoms with van der Waals surface area (Å²) in [6, 6.07) is 4.50. The molecule has 1 saturated carbocycles. The minimum atomic E-state index is 0.502. The van der Waals surface area contributed by atoms with Gasteiger partial charge in [0.2, 0.25) is 0 Å². The summed E-state index contributed by atoms with van der Waals surface area (Å²) >= 11 is 7.59. The lowest BCUT2D eigenvalue weighted by Crippen LogP contribution is -2.24. The predicted molar refractivity (Wildman–Crippen MR) is 79.7 cm³/mol. The van der Waals surface area contributed by atoms with Gasteiger partial charge < -0.3 is 0 Å². The van der Waals surface area contributed by atoms with Gasteiger partial charge in [-0.25, -0.2) is 4.68 Å². The van der Waals surface area contributed by atoms with Crippen LogP contribution in [-0.2, 0) is 13.1 Å². The van der Waals surface area contributed by atoms with E-state index in [9.17, 15) is 0 Å². The normalized spacial score (nSPS) is 14.9. The maximum atomic E-state index is 5.98. The second-order valence-corrected chi connectivity index (χ2v) is 6.73. The van der Waals surface area contributed by atoms with E-state index in [2.05, 4.69) is 33.1 Å². The van der Waals surface area contributed by atoms with Crippen molar-refractivity contribution in [2.45, 2.75) is 32.0 Å². The van der Waals surface area contributed by atoms with Gasteiger partial charge in [-0.3, -0.25) is 4.90 Å². The minimum absolute atomic E-state index is 0.502. The van der Waals surface area contributed by atoms with Crippen LogP contribution in [0.2, 0.25) is 4.34 Å². The summed E-state index contributed by atoms with van der Waals surface area (Å²) in [5.41, 5.74) is 0. The number of tetrazole rings is 1. The number of hydrogen-bond donors (Lipinski definition) is 0. The summed E-state index contributed by atoms with van der Waals surface area (Å²) in [4.78, 5) is 3.50. The molecule has 2 aromatic heterocycles. The molecule has 2 aromatic rings. The first-order valence-electron chi connectivity index (χ1n) is 6.60. The van der Waals surface area contributed by atoms with E-state index in [0.29, 0.717) is 6.04 Å². The van der Waals surface area contributed by atoms with Crippen molar-refractivity contribution in [2.24, 2.45) is 0 Å². The Hall–Kier alpha value is -1.24. The van der Waals surface area contributed by atoms with Crippen LogP contribution in [0.4, 0.5) is 0 Å². The van der Waals surface area contributed by atoms with Crippen molar-refractivity contribution in [3.63, 3.8) is 0 Å². The maximum Gasteiger partial charge on any atom is 0.165 e. The molecule has 5 nitrogen and oxygen atoms in total. The van der Waals surface area contributed by atoms with Crippen molar-refractivity contribution in [1.29, 1.82) is 0 Å². The molecule has 3 rings (SSSR count). The predicted octanol–water partition coefficient (Wildman–Crippen LogP) is 2.91. The average Bonchev–Trinajstić information content (AvgIpc) is 3.03. The number of rotatable bonds is 7. The first-order chi connectivity index (χ1) is 9.76. The Morgan fingerprint density at radius 2 is 2.30 bits per heavy atom. The fourth-order valence-electron chi connectivity index (χ4n) is 2.14. The molecule has 0 bridgehead atoms. The van der Waals surface area contributed by atoms with Crippen molar-refractivity contribution in [1.82, 2.24) is 25.1 Å². The summed E-state index contributed by atoms with van der Waals surface area (Å²) in [5, 5.41) is 12.0. The summed E-state index contributed by atoms with van der Waals surface area (Å²) in [7, 11) is 0. The van der Waals surface area contributed by atoms with Gasteiger partial charge in [-0.15, -0.1) is 23.0 Å². The zero-order chi connectivity index (χ0) is 13.9. The monoisotopic (exact) mass is 309 g/mol. The van der Waals surface area contributed by atoms with Crippen LogP contribution in [0, 0.1) is 0 Å². The molecule has 1 aliphatic carbocycles. The molecule has 106 valence electrons. The summed E-state index contributed by atoms with van der Waals surface area (Å²) in [6.45, 7) is 6.18. The fourth-order valence-corrected chi connectivity index (χ4v) is 3.27. The Morgan fingerprint density at radius 1 is 1.45 bits per heavy atom. The van der Waals surface area contributed by atoms with Crippen LogP contribution in [0.1, 0.15) is 29.6 Å². The lowest BCUT2D eigenvalue weighted by Gasteiger charge is -2.19. The highest BCUT2D eigenvalue weighted by atomic mass is 35.5. The molecule has 0 unspecified atom stereocenters. The molecular weight excluding hydrogens is 294 g/mol. The third-order valence-corrected chi connectivity index (χ3v) is 4.43. The van der Waals surface area contributed by atoms with Crippen molar-refractivity contribution in [3.05, 3.63) is 39.8 Å². The van der Waals surface area contributed by atoms with Crippen LogP contribution in [0.5, 0.6) is 0 Å². The van der Waals surface area contributed by atoms with Gasteiger partial charge in [0.15, 0.2) is 5.82 Å². The first kappa shape index (κ1) is 13.7. The van der Waals surface area contributed by atoms with Crippen LogP contribution < -0.4 is 0 Å². The van der Waals surface area contributed by atoms with E-state index in [-0.39, 0.29) is 0 Å². The van der Waals surface area contributed by atoms with Gasteiger partial charge in [-0.1, -0.05) is 17.7 Å². The van der Waals surface area contributed by atoms with Gasteiger partial charge in [0, 0.05) is 18.0 Å². The molecule has 0 aliphatic heterocycles. The first-order valence-corrected chi connectivity index (χ1v) is 7.80. The Kier molecular flexibility index (Phi) is 4.14. The molecule has 20 heavy (non-hydrogen) atoms. The van der Waals surface area contributed by atoms with Crippen LogP contribution >= 0.6 is 22.9 Å². The van der Waals surface area contributed by atoms with Crippen LogP contribution in [-0.4, -0.2) is 31.7 Å². The number of nitrogens with zero attached hydrogens (tertiary/aromatic N) is 5. The largest absolute Gasteiger partial charge is 0.287 e. The second-order valence-electron chi connectivity index (χ2n) is 4.93. The van der Waals surface area contributed by atoms with Gasteiger partial charge >= 0.3 is 0 Å². The molecule has 0 amide bonds. The van der Waals surface area contributed by atoms with Gasteiger partial charge in [0.05, 0.1) is 16.9 Å². The molecule has 0 radical (unpaired) electrons. The van der Waals surface area contributed by atoms with Crippen molar-refractivity contribution < 1.29 is 0 Å². The molecule has 1 fully saturated rings. The summed E-state index contributed by atoms with van der Waals surface area (Å²) in [6.07, 6.45) is 4.26. The molecule has 0 spiro atoms. The zero-order valence-corrected chi connectivity index (χ0v) is 12.6. The molecule has 0 aromatic carbocycles. The third-order valence-electron chi connectivity index (χ3n) is 3.21. The quantitative estimate of drug-likeness (QED) is 0.738. The number of aromatic nitrogens is 4. The van der Waals surface area contributed by atoms with E-state index in [1.807, 2.05) is 16.8 Å². The van der Waals surface area contributed by atoms with Crippen LogP contribution in [0.3, 0.4) is 0 Å². The van der Waals surface area contributed by atoms with Crippen molar-refractivity contribution >= 4 is 22.9 Å². The van der Waals surface area contributed by atoms with Crippen molar-refractivity contribution in [3.8, 4) is 0 Å². The molecule has 0 saturated heterocycles. The minimum Gasteiger partial charge on any atom is -0.287 e. The molecular formula is C13H16ClN5S. The number of hydrogen-bond acceptors (Lipinski definition) is 5. The molecule has 2 heterocycles. The van der Waals surface area contributed by atoms with E-state index in [4.69, 9.17) is 11.6 Å². The lowest BCUT2D eigenvalue weighted by atomic mass is 10.3. The number of thiophene rings is 1. The SMILES string of the molecule is C=CCN(Cc1ccc(Cl)s1)Cc1nnnn1C1CC1. The third kappa shape index (κ3) is 3.26. The highest BCUT2D eigenvalue weighted by molar-refractivity contribution is 7.16. The standard InChI is InChI=1S/C13H16ClN5S/c1-2-7-18(8-11-5-6-12(14)20-11)9-13-15-16-17-19(13)10-3-4-10/h2,5-6,10H,1,3-4,7-9H2. The Morgan fingerprint density at radius 3 is 2.95 bits per heavy atom. The van der Waals surface area contributed by atoms with Crippen LogP contribution in [0.25, 0.3) is 0 Å². The van der Waals surface area contributed by atoms with Gasteiger partial charge in [0.25, 0.3) is 0 Å². The highest BCUT2D eigenvalue weighted by Gasteiger charge is 2.28.